The maximum atomic E-state index is 12.0. The van der Waals surface area contributed by atoms with Crippen molar-refractivity contribution in [3.8, 4) is 5.75 Å². The van der Waals surface area contributed by atoms with Crippen molar-refractivity contribution in [3.05, 3.63) is 65.3 Å². The van der Waals surface area contributed by atoms with Gasteiger partial charge in [-0.1, -0.05) is 29.8 Å². The number of nitrogens with two attached hydrogens (primary N) is 1. The number of halogens is 1. The van der Waals surface area contributed by atoms with Crippen LogP contribution in [-0.2, 0) is 11.3 Å². The molecule has 0 radical (unpaired) electrons. The third kappa shape index (κ3) is 3.26. The van der Waals surface area contributed by atoms with Gasteiger partial charge in [0.05, 0.1) is 12.1 Å². The van der Waals surface area contributed by atoms with E-state index >= 15 is 0 Å². The van der Waals surface area contributed by atoms with Crippen molar-refractivity contribution in [2.24, 2.45) is 5.73 Å². The number of hydrogen-bond acceptors (Lipinski definition) is 3. The third-order valence-electron chi connectivity index (χ3n) is 3.67. The summed E-state index contributed by atoms with van der Waals surface area (Å²) < 4.78 is 7.55. The van der Waals surface area contributed by atoms with Crippen molar-refractivity contribution in [2.45, 2.75) is 6.54 Å². The fourth-order valence-electron chi connectivity index (χ4n) is 2.54. The minimum Gasteiger partial charge on any atom is -0.492 e. The molecular weight excluding hydrogens is 328 g/mol. The fourth-order valence-corrected chi connectivity index (χ4v) is 2.66. The first-order chi connectivity index (χ1) is 11.6. The summed E-state index contributed by atoms with van der Waals surface area (Å²) in [5.74, 6) is -0.941. The normalized spacial score (nSPS) is 10.7. The van der Waals surface area contributed by atoms with Crippen LogP contribution < -0.4 is 10.5 Å². The molecule has 122 valence electrons. The van der Waals surface area contributed by atoms with Gasteiger partial charge in [-0.05, 0) is 30.3 Å². The largest absolute Gasteiger partial charge is 0.492 e. The molecule has 0 aliphatic heterocycles. The molecule has 0 aliphatic carbocycles. The highest BCUT2D eigenvalue weighted by atomic mass is 35.5. The van der Waals surface area contributed by atoms with Crippen LogP contribution in [0.25, 0.3) is 10.9 Å². The second kappa shape index (κ2) is 6.76. The molecule has 0 atom stereocenters. The SMILES string of the molecule is NC(=O)C(=O)c1cn(CCOc2ccc(Cl)cc2)c2ccccc12. The molecule has 1 amide bonds. The molecule has 0 saturated carbocycles. The number of hydrogen-bond donors (Lipinski definition) is 1. The second-order valence-electron chi connectivity index (χ2n) is 5.25. The van der Waals surface area contributed by atoms with Crippen molar-refractivity contribution in [3.63, 3.8) is 0 Å². The predicted molar refractivity (Wildman–Crippen MR) is 92.4 cm³/mol. The van der Waals surface area contributed by atoms with E-state index in [1.165, 1.54) is 0 Å². The van der Waals surface area contributed by atoms with Crippen molar-refractivity contribution in [2.75, 3.05) is 6.61 Å². The summed E-state index contributed by atoms with van der Waals surface area (Å²) in [7, 11) is 0. The standard InChI is InChI=1S/C18H15ClN2O3/c19-12-5-7-13(8-6-12)24-10-9-21-11-15(17(22)18(20)23)14-3-1-2-4-16(14)21/h1-8,11H,9-10H2,(H2,20,23). The number of amides is 1. The number of carbonyl (C=O) groups excluding carboxylic acids is 2. The molecule has 0 unspecified atom stereocenters. The highest BCUT2D eigenvalue weighted by molar-refractivity contribution is 6.44. The molecule has 6 heteroatoms. The average molecular weight is 343 g/mol. The van der Waals surface area contributed by atoms with Crippen molar-refractivity contribution in [1.29, 1.82) is 0 Å². The zero-order chi connectivity index (χ0) is 17.1. The van der Waals surface area contributed by atoms with Gasteiger partial charge in [-0.3, -0.25) is 9.59 Å². The summed E-state index contributed by atoms with van der Waals surface area (Å²) in [4.78, 5) is 23.2. The Morgan fingerprint density at radius 3 is 2.50 bits per heavy atom. The van der Waals surface area contributed by atoms with Crippen molar-refractivity contribution < 1.29 is 14.3 Å². The first kappa shape index (κ1) is 16.1. The van der Waals surface area contributed by atoms with E-state index in [9.17, 15) is 9.59 Å². The number of fused-ring (bicyclic) bond motifs is 1. The number of aromatic nitrogens is 1. The molecule has 2 aromatic carbocycles. The van der Waals surface area contributed by atoms with Crippen LogP contribution in [0.1, 0.15) is 10.4 Å². The number of para-hydroxylation sites is 1. The highest BCUT2D eigenvalue weighted by Gasteiger charge is 2.18. The Hall–Kier alpha value is -2.79. The topological polar surface area (TPSA) is 74.3 Å². The van der Waals surface area contributed by atoms with Crippen LogP contribution in [0.2, 0.25) is 5.02 Å². The van der Waals surface area contributed by atoms with Crippen LogP contribution in [0.4, 0.5) is 0 Å². The lowest BCUT2D eigenvalue weighted by molar-refractivity contribution is -0.114. The van der Waals surface area contributed by atoms with E-state index in [4.69, 9.17) is 22.1 Å². The molecule has 0 spiro atoms. The van der Waals surface area contributed by atoms with E-state index in [2.05, 4.69) is 0 Å². The van der Waals surface area contributed by atoms with Gasteiger partial charge in [-0.15, -0.1) is 0 Å². The number of ether oxygens (including phenoxy) is 1. The lowest BCUT2D eigenvalue weighted by Crippen LogP contribution is -2.22. The fraction of sp³-hybridized carbons (Fsp3) is 0.111. The van der Waals surface area contributed by atoms with Gasteiger partial charge in [-0.25, -0.2) is 0 Å². The van der Waals surface area contributed by atoms with E-state index < -0.39 is 11.7 Å². The van der Waals surface area contributed by atoms with E-state index in [0.29, 0.717) is 34.9 Å². The van der Waals surface area contributed by atoms with E-state index in [1.807, 2.05) is 22.8 Å². The summed E-state index contributed by atoms with van der Waals surface area (Å²) in [6.07, 6.45) is 1.64. The Morgan fingerprint density at radius 2 is 1.79 bits per heavy atom. The second-order valence-corrected chi connectivity index (χ2v) is 5.69. The highest BCUT2D eigenvalue weighted by Crippen LogP contribution is 2.22. The van der Waals surface area contributed by atoms with Gasteiger partial charge in [0, 0.05) is 22.1 Å². The van der Waals surface area contributed by atoms with Gasteiger partial charge in [0.25, 0.3) is 11.7 Å². The van der Waals surface area contributed by atoms with E-state index in [0.717, 1.165) is 5.52 Å². The first-order valence-electron chi connectivity index (χ1n) is 7.36. The first-order valence-corrected chi connectivity index (χ1v) is 7.74. The Labute approximate surface area is 143 Å². The number of rotatable bonds is 6. The molecule has 2 N–H and O–H groups in total. The monoisotopic (exact) mass is 342 g/mol. The molecule has 3 aromatic rings. The summed E-state index contributed by atoms with van der Waals surface area (Å²) in [6.45, 7) is 0.930. The quantitative estimate of drug-likeness (QED) is 0.552. The maximum absolute atomic E-state index is 12.0. The van der Waals surface area contributed by atoms with Crippen LogP contribution in [-0.4, -0.2) is 22.9 Å². The summed E-state index contributed by atoms with van der Waals surface area (Å²) in [5, 5.41) is 1.35. The van der Waals surface area contributed by atoms with Gasteiger partial charge in [0.1, 0.15) is 12.4 Å². The molecule has 3 rings (SSSR count). The van der Waals surface area contributed by atoms with Crippen LogP contribution in [0, 0.1) is 0 Å². The van der Waals surface area contributed by atoms with Crippen LogP contribution in [0.5, 0.6) is 5.75 Å². The molecule has 1 aromatic heterocycles. The molecule has 0 aliphatic rings. The predicted octanol–water partition coefficient (Wildman–Crippen LogP) is 3.04. The zero-order valence-corrected chi connectivity index (χ0v) is 13.5. The van der Waals surface area contributed by atoms with Crippen molar-refractivity contribution >= 4 is 34.2 Å². The number of ketones is 1. The number of benzene rings is 2. The van der Waals surface area contributed by atoms with Crippen LogP contribution in [0.15, 0.2) is 54.7 Å². The Morgan fingerprint density at radius 1 is 1.08 bits per heavy atom. The molecule has 0 saturated heterocycles. The molecule has 1 heterocycles. The smallest absolute Gasteiger partial charge is 0.289 e. The van der Waals surface area contributed by atoms with Gasteiger partial charge in [-0.2, -0.15) is 0 Å². The van der Waals surface area contributed by atoms with Gasteiger partial charge in [0.15, 0.2) is 0 Å². The van der Waals surface area contributed by atoms with Gasteiger partial charge < -0.3 is 15.0 Å². The number of nitrogens with zero attached hydrogens (tertiary/aromatic N) is 1. The number of carbonyl (C=O) groups is 2. The molecule has 5 nitrogen and oxygen atoms in total. The Balaban J connectivity index is 1.80. The summed E-state index contributed by atoms with van der Waals surface area (Å²) >= 11 is 5.84. The molecule has 0 bridgehead atoms. The zero-order valence-electron chi connectivity index (χ0n) is 12.7. The lowest BCUT2D eigenvalue weighted by Gasteiger charge is -2.08. The van der Waals surface area contributed by atoms with Gasteiger partial charge >= 0.3 is 0 Å². The summed E-state index contributed by atoms with van der Waals surface area (Å²) in [6, 6.07) is 14.5. The lowest BCUT2D eigenvalue weighted by atomic mass is 10.1. The number of primary amides is 1. The van der Waals surface area contributed by atoms with E-state index in [1.54, 1.807) is 36.5 Å². The minimum absolute atomic E-state index is 0.310. The van der Waals surface area contributed by atoms with Crippen LogP contribution >= 0.6 is 11.6 Å². The molecular formula is C18H15ClN2O3. The Bertz CT molecular complexity index is 900. The molecule has 0 fully saturated rings. The minimum atomic E-state index is -0.963. The van der Waals surface area contributed by atoms with E-state index in [-0.39, 0.29) is 0 Å². The summed E-state index contributed by atoms with van der Waals surface area (Å²) in [5.41, 5.74) is 6.28. The Kier molecular flexibility index (Phi) is 4.53. The van der Waals surface area contributed by atoms with Gasteiger partial charge in [0.2, 0.25) is 0 Å². The number of Topliss-reactive ketones (excluding diaryl/α,β-unsaturated/α-hetero) is 1. The average Bonchev–Trinajstić information content (AvgIpc) is 2.95. The third-order valence-corrected chi connectivity index (χ3v) is 3.92. The van der Waals surface area contributed by atoms with Crippen molar-refractivity contribution in [1.82, 2.24) is 4.57 Å². The molecule has 24 heavy (non-hydrogen) atoms. The van der Waals surface area contributed by atoms with Crippen LogP contribution in [0.3, 0.4) is 0 Å². The maximum Gasteiger partial charge on any atom is 0.289 e.